The maximum atomic E-state index is 9.72. The second kappa shape index (κ2) is 7.63. The van der Waals surface area contributed by atoms with Crippen molar-refractivity contribution >= 4 is 45.5 Å². The van der Waals surface area contributed by atoms with Crippen molar-refractivity contribution < 1.29 is 0 Å². The first-order valence-corrected chi connectivity index (χ1v) is 10.1. The van der Waals surface area contributed by atoms with Crippen LogP contribution >= 0.6 is 22.9 Å². The van der Waals surface area contributed by atoms with E-state index in [1.54, 1.807) is 11.3 Å². The molecule has 0 fully saturated rings. The fourth-order valence-corrected chi connectivity index (χ4v) is 4.21. The summed E-state index contributed by atoms with van der Waals surface area (Å²) in [5, 5.41) is 12.5. The minimum atomic E-state index is 0.641. The predicted molar refractivity (Wildman–Crippen MR) is 118 cm³/mol. The van der Waals surface area contributed by atoms with Crippen LogP contribution in [0.3, 0.4) is 0 Å². The van der Waals surface area contributed by atoms with Gasteiger partial charge in [0.15, 0.2) is 0 Å². The summed E-state index contributed by atoms with van der Waals surface area (Å²) >= 11 is 7.95. The molecule has 0 spiro atoms. The molecule has 0 radical (unpaired) electrons. The van der Waals surface area contributed by atoms with Gasteiger partial charge in [-0.3, -0.25) is 0 Å². The van der Waals surface area contributed by atoms with Gasteiger partial charge in [-0.2, -0.15) is 5.26 Å². The Bertz CT molecular complexity index is 1220. The van der Waals surface area contributed by atoms with Crippen molar-refractivity contribution in [3.63, 3.8) is 0 Å². The molecular weight excluding hydrogens is 386 g/mol. The number of benzene rings is 2. The second-order valence-corrected chi connectivity index (χ2v) is 8.51. The molecule has 0 aliphatic carbocycles. The highest BCUT2D eigenvalue weighted by Gasteiger charge is 2.11. The van der Waals surface area contributed by atoms with E-state index < -0.39 is 0 Å². The number of fused-ring (bicyclic) bond motifs is 1. The van der Waals surface area contributed by atoms with Crippen LogP contribution in [-0.4, -0.2) is 9.55 Å². The van der Waals surface area contributed by atoms with Crippen LogP contribution in [0, 0.1) is 25.2 Å². The minimum absolute atomic E-state index is 0.641. The largest absolute Gasteiger partial charge is 0.342 e. The molecule has 4 rings (SSSR count). The van der Waals surface area contributed by atoms with Crippen LogP contribution in [0.4, 0.5) is 0 Å². The smallest absolute Gasteiger partial charge is 0.0998 e. The highest BCUT2D eigenvalue weighted by Crippen LogP contribution is 2.29. The Hall–Kier alpha value is -2.87. The standard InChI is InChI=1S/C23H18ClN3S/c1-15-3-5-17(6-4-15)18(11-25)9-19-13-27(14-21-12-26-16(2)28-21)23-10-20(24)7-8-22(19)23/h3-10,12-13H,14H2,1-2H3/b18-9+. The Morgan fingerprint density at radius 2 is 2.00 bits per heavy atom. The van der Waals surface area contributed by atoms with Gasteiger partial charge in [-0.1, -0.05) is 47.5 Å². The van der Waals surface area contributed by atoms with Gasteiger partial charge in [0.25, 0.3) is 0 Å². The van der Waals surface area contributed by atoms with Crippen LogP contribution in [0.2, 0.25) is 5.02 Å². The Labute approximate surface area is 173 Å². The molecule has 0 saturated carbocycles. The monoisotopic (exact) mass is 403 g/mol. The fourth-order valence-electron chi connectivity index (χ4n) is 3.25. The van der Waals surface area contributed by atoms with E-state index in [0.29, 0.717) is 10.6 Å². The molecular formula is C23H18ClN3S. The summed E-state index contributed by atoms with van der Waals surface area (Å²) in [6, 6.07) is 16.2. The molecule has 0 unspecified atom stereocenters. The maximum Gasteiger partial charge on any atom is 0.0998 e. The molecule has 138 valence electrons. The Morgan fingerprint density at radius 3 is 2.68 bits per heavy atom. The van der Waals surface area contributed by atoms with Crippen molar-refractivity contribution in [3.05, 3.63) is 86.5 Å². The van der Waals surface area contributed by atoms with E-state index in [1.165, 1.54) is 10.4 Å². The zero-order valence-electron chi connectivity index (χ0n) is 15.6. The molecule has 0 aliphatic rings. The molecule has 3 nitrogen and oxygen atoms in total. The molecule has 5 heteroatoms. The lowest BCUT2D eigenvalue weighted by Gasteiger charge is -2.03. The predicted octanol–water partition coefficient (Wildman–Crippen LogP) is 6.48. The highest BCUT2D eigenvalue weighted by atomic mass is 35.5. The van der Waals surface area contributed by atoms with Gasteiger partial charge in [-0.05, 0) is 37.6 Å². The third-order valence-electron chi connectivity index (χ3n) is 4.65. The molecule has 0 bridgehead atoms. The third kappa shape index (κ3) is 3.73. The summed E-state index contributed by atoms with van der Waals surface area (Å²) in [5.74, 6) is 0. The first kappa shape index (κ1) is 18.5. The number of aromatic nitrogens is 2. The molecule has 0 amide bonds. The van der Waals surface area contributed by atoms with Crippen LogP contribution in [0.25, 0.3) is 22.6 Å². The van der Waals surface area contributed by atoms with Crippen molar-refractivity contribution in [2.24, 2.45) is 0 Å². The fraction of sp³-hybridized carbons (Fsp3) is 0.130. The average Bonchev–Trinajstić information content (AvgIpc) is 3.24. The zero-order chi connectivity index (χ0) is 19.7. The Morgan fingerprint density at radius 1 is 1.21 bits per heavy atom. The van der Waals surface area contributed by atoms with Crippen LogP contribution in [-0.2, 0) is 6.54 Å². The van der Waals surface area contributed by atoms with Gasteiger partial charge in [0, 0.05) is 33.2 Å². The number of thiazole rings is 1. The number of halogens is 1. The molecule has 4 aromatic rings. The van der Waals surface area contributed by atoms with Crippen molar-refractivity contribution in [2.75, 3.05) is 0 Å². The van der Waals surface area contributed by atoms with E-state index in [9.17, 15) is 5.26 Å². The molecule has 28 heavy (non-hydrogen) atoms. The van der Waals surface area contributed by atoms with Gasteiger partial charge in [0.1, 0.15) is 0 Å². The number of aryl methyl sites for hydroxylation is 2. The summed E-state index contributed by atoms with van der Waals surface area (Å²) in [5.41, 5.74) is 4.78. The normalized spacial score (nSPS) is 11.7. The van der Waals surface area contributed by atoms with Crippen LogP contribution in [0.1, 0.15) is 26.6 Å². The van der Waals surface area contributed by atoms with Crippen molar-refractivity contribution in [1.29, 1.82) is 5.26 Å². The molecule has 0 atom stereocenters. The topological polar surface area (TPSA) is 41.6 Å². The third-order valence-corrected chi connectivity index (χ3v) is 5.79. The molecule has 2 heterocycles. The van der Waals surface area contributed by atoms with Gasteiger partial charge < -0.3 is 4.57 Å². The number of nitriles is 1. The quantitative estimate of drug-likeness (QED) is 0.366. The van der Waals surface area contributed by atoms with E-state index in [-0.39, 0.29) is 0 Å². The van der Waals surface area contributed by atoms with Crippen LogP contribution in [0.5, 0.6) is 0 Å². The Kier molecular flexibility index (Phi) is 5.04. The SMILES string of the molecule is Cc1ccc(/C(C#N)=C/c2cn(Cc3cnc(C)s3)c3cc(Cl)ccc23)cc1. The summed E-state index contributed by atoms with van der Waals surface area (Å²) in [4.78, 5) is 5.53. The van der Waals surface area contributed by atoms with E-state index in [2.05, 4.69) is 21.8 Å². The summed E-state index contributed by atoms with van der Waals surface area (Å²) in [6.07, 6.45) is 5.95. The zero-order valence-corrected chi connectivity index (χ0v) is 17.2. The number of nitrogens with zero attached hydrogens (tertiary/aromatic N) is 3. The van der Waals surface area contributed by atoms with E-state index in [4.69, 9.17) is 11.6 Å². The van der Waals surface area contributed by atoms with Crippen LogP contribution < -0.4 is 0 Å². The number of hydrogen-bond donors (Lipinski definition) is 0. The highest BCUT2D eigenvalue weighted by molar-refractivity contribution is 7.11. The van der Waals surface area contributed by atoms with Crippen molar-refractivity contribution in [1.82, 2.24) is 9.55 Å². The average molecular weight is 404 g/mol. The molecule has 2 aromatic carbocycles. The summed E-state index contributed by atoms with van der Waals surface area (Å²) in [7, 11) is 0. The minimum Gasteiger partial charge on any atom is -0.342 e. The van der Waals surface area contributed by atoms with Gasteiger partial charge in [-0.15, -0.1) is 11.3 Å². The van der Waals surface area contributed by atoms with Crippen molar-refractivity contribution in [2.45, 2.75) is 20.4 Å². The van der Waals surface area contributed by atoms with E-state index >= 15 is 0 Å². The molecule has 2 aromatic heterocycles. The number of hydrogen-bond acceptors (Lipinski definition) is 3. The number of allylic oxidation sites excluding steroid dienone is 1. The van der Waals surface area contributed by atoms with Crippen LogP contribution in [0.15, 0.2) is 54.9 Å². The van der Waals surface area contributed by atoms with Gasteiger partial charge in [-0.25, -0.2) is 4.98 Å². The summed E-state index contributed by atoms with van der Waals surface area (Å²) < 4.78 is 2.17. The first-order valence-electron chi connectivity index (χ1n) is 8.92. The molecule has 0 aliphatic heterocycles. The van der Waals surface area contributed by atoms with Gasteiger partial charge >= 0.3 is 0 Å². The number of rotatable bonds is 4. The summed E-state index contributed by atoms with van der Waals surface area (Å²) in [6.45, 7) is 4.77. The van der Waals surface area contributed by atoms with Gasteiger partial charge in [0.05, 0.1) is 28.7 Å². The Balaban J connectivity index is 1.82. The molecule has 0 N–H and O–H groups in total. The van der Waals surface area contributed by atoms with E-state index in [0.717, 1.165) is 33.6 Å². The van der Waals surface area contributed by atoms with Gasteiger partial charge in [0.2, 0.25) is 0 Å². The second-order valence-electron chi connectivity index (χ2n) is 6.76. The lowest BCUT2D eigenvalue weighted by Crippen LogP contribution is -1.95. The molecule has 0 saturated heterocycles. The van der Waals surface area contributed by atoms with E-state index in [1.807, 2.05) is 68.6 Å². The lowest BCUT2D eigenvalue weighted by atomic mass is 10.0. The van der Waals surface area contributed by atoms with Crippen molar-refractivity contribution in [3.8, 4) is 6.07 Å². The lowest BCUT2D eigenvalue weighted by molar-refractivity contribution is 0.848. The first-order chi connectivity index (χ1) is 13.5. The maximum absolute atomic E-state index is 9.72.